The summed E-state index contributed by atoms with van der Waals surface area (Å²) in [4.78, 5) is 36.6. The first-order valence-corrected chi connectivity index (χ1v) is 11.2. The fraction of sp³-hybridized carbons (Fsp3) is 0.154. The van der Waals surface area contributed by atoms with Crippen molar-refractivity contribution < 1.29 is 18.4 Å². The van der Waals surface area contributed by atoms with Crippen LogP contribution < -0.4 is 15.5 Å². The maximum atomic E-state index is 14.6. The van der Waals surface area contributed by atoms with Crippen LogP contribution in [-0.2, 0) is 0 Å². The standard InChI is InChI=1S/C26H21F2N5O2/c27-17-4-3-5-18(13-17)30-26(35)31-19-7-8-21(28)20(14-19)25(34)16-6-9-22-23(12-16)32-24(15-29-22)33-10-1-2-11-33/h3-9,12-15H,1-2,10-11H2,(H2,30,31,35). The minimum Gasteiger partial charge on any atom is -0.355 e. The second-order valence-electron chi connectivity index (χ2n) is 8.24. The Bertz CT molecular complexity index is 1440. The van der Waals surface area contributed by atoms with Gasteiger partial charge in [0.05, 0.1) is 22.8 Å². The molecule has 0 radical (unpaired) electrons. The lowest BCUT2D eigenvalue weighted by Gasteiger charge is -2.16. The van der Waals surface area contributed by atoms with Gasteiger partial charge in [-0.3, -0.25) is 9.78 Å². The highest BCUT2D eigenvalue weighted by Crippen LogP contribution is 2.23. The fourth-order valence-corrected chi connectivity index (χ4v) is 4.03. The molecule has 4 aromatic rings. The van der Waals surface area contributed by atoms with Crippen LogP contribution in [0, 0.1) is 11.6 Å². The molecule has 2 amide bonds. The minimum atomic E-state index is -0.719. The predicted octanol–water partition coefficient (Wildman–Crippen LogP) is 5.38. The summed E-state index contributed by atoms with van der Waals surface area (Å²) in [6.07, 6.45) is 3.92. The molecule has 0 unspecified atom stereocenters. The summed E-state index contributed by atoms with van der Waals surface area (Å²) in [7, 11) is 0. The van der Waals surface area contributed by atoms with Gasteiger partial charge in [-0.1, -0.05) is 6.07 Å². The summed E-state index contributed by atoms with van der Waals surface area (Å²) in [6, 6.07) is 13.3. The van der Waals surface area contributed by atoms with E-state index in [1.54, 1.807) is 24.4 Å². The lowest BCUT2D eigenvalue weighted by molar-refractivity contribution is 0.103. The number of carbonyl (C=O) groups excluding carboxylic acids is 2. The van der Waals surface area contributed by atoms with Gasteiger partial charge in [-0.15, -0.1) is 0 Å². The Morgan fingerprint density at radius 2 is 1.63 bits per heavy atom. The zero-order valence-electron chi connectivity index (χ0n) is 18.6. The fourth-order valence-electron chi connectivity index (χ4n) is 4.03. The number of nitrogens with one attached hydrogen (secondary N) is 2. The Hall–Kier alpha value is -4.40. The van der Waals surface area contributed by atoms with E-state index < -0.39 is 23.4 Å². The molecule has 1 fully saturated rings. The molecule has 0 atom stereocenters. The molecule has 0 aliphatic carbocycles. The second-order valence-corrected chi connectivity index (χ2v) is 8.24. The normalized spacial score (nSPS) is 13.1. The number of nitrogens with zero attached hydrogens (tertiary/aromatic N) is 3. The molecule has 1 aliphatic rings. The van der Waals surface area contributed by atoms with E-state index >= 15 is 0 Å². The molecule has 3 aromatic carbocycles. The number of rotatable bonds is 5. The number of halogens is 2. The molecule has 1 aliphatic heterocycles. The van der Waals surface area contributed by atoms with Gasteiger partial charge in [0.1, 0.15) is 17.5 Å². The lowest BCUT2D eigenvalue weighted by Crippen LogP contribution is -2.20. The van der Waals surface area contributed by atoms with Crippen molar-refractivity contribution in [1.82, 2.24) is 9.97 Å². The number of amides is 2. The lowest BCUT2D eigenvalue weighted by atomic mass is 10.0. The summed E-state index contributed by atoms with van der Waals surface area (Å²) in [5.74, 6) is -1.01. The largest absolute Gasteiger partial charge is 0.355 e. The van der Waals surface area contributed by atoms with Crippen LogP contribution in [0.25, 0.3) is 11.0 Å². The average molecular weight is 473 g/mol. The molecular formula is C26H21F2N5O2. The maximum absolute atomic E-state index is 14.6. The molecule has 1 saturated heterocycles. The van der Waals surface area contributed by atoms with Crippen molar-refractivity contribution >= 4 is 40.0 Å². The first-order chi connectivity index (χ1) is 17.0. The highest BCUT2D eigenvalue weighted by atomic mass is 19.1. The van der Waals surface area contributed by atoms with Crippen LogP contribution in [0.2, 0.25) is 0 Å². The van der Waals surface area contributed by atoms with E-state index in [4.69, 9.17) is 0 Å². The Labute approximate surface area is 199 Å². The van der Waals surface area contributed by atoms with E-state index in [2.05, 4.69) is 25.5 Å². The Balaban J connectivity index is 1.37. The van der Waals surface area contributed by atoms with Gasteiger partial charge in [-0.2, -0.15) is 0 Å². The van der Waals surface area contributed by atoms with Crippen LogP contribution in [0.15, 0.2) is 66.9 Å². The Morgan fingerprint density at radius 3 is 2.40 bits per heavy atom. The van der Waals surface area contributed by atoms with Crippen molar-refractivity contribution in [2.45, 2.75) is 12.8 Å². The average Bonchev–Trinajstić information content (AvgIpc) is 3.39. The van der Waals surface area contributed by atoms with Crippen molar-refractivity contribution in [1.29, 1.82) is 0 Å². The summed E-state index contributed by atoms with van der Waals surface area (Å²) in [6.45, 7) is 1.83. The van der Waals surface area contributed by atoms with Crippen molar-refractivity contribution in [3.05, 3.63) is 89.6 Å². The number of fused-ring (bicyclic) bond motifs is 1. The molecule has 176 valence electrons. The molecule has 7 nitrogen and oxygen atoms in total. The van der Waals surface area contributed by atoms with Crippen molar-refractivity contribution in [3.8, 4) is 0 Å². The number of ketones is 1. The van der Waals surface area contributed by atoms with Crippen molar-refractivity contribution in [3.63, 3.8) is 0 Å². The van der Waals surface area contributed by atoms with E-state index in [9.17, 15) is 18.4 Å². The van der Waals surface area contributed by atoms with Crippen LogP contribution in [0.3, 0.4) is 0 Å². The SMILES string of the molecule is O=C(Nc1cccc(F)c1)Nc1ccc(F)c(C(=O)c2ccc3ncc(N4CCCC4)nc3c2)c1. The summed E-state index contributed by atoms with van der Waals surface area (Å²) in [5.41, 5.74) is 1.70. The molecule has 35 heavy (non-hydrogen) atoms. The number of anilines is 3. The number of benzene rings is 3. The van der Waals surface area contributed by atoms with E-state index in [0.717, 1.165) is 43.9 Å². The number of hydrogen-bond acceptors (Lipinski definition) is 5. The molecule has 0 bridgehead atoms. The third-order valence-electron chi connectivity index (χ3n) is 5.77. The van der Waals surface area contributed by atoms with Crippen LogP contribution in [0.1, 0.15) is 28.8 Å². The zero-order valence-corrected chi connectivity index (χ0v) is 18.6. The smallest absolute Gasteiger partial charge is 0.323 e. The monoisotopic (exact) mass is 473 g/mol. The summed E-state index contributed by atoms with van der Waals surface area (Å²) in [5, 5.41) is 5.02. The molecular weight excluding hydrogens is 452 g/mol. The highest BCUT2D eigenvalue weighted by Gasteiger charge is 2.18. The minimum absolute atomic E-state index is 0.198. The van der Waals surface area contributed by atoms with Gasteiger partial charge in [0.25, 0.3) is 0 Å². The van der Waals surface area contributed by atoms with Crippen LogP contribution in [0.4, 0.5) is 30.8 Å². The molecule has 2 heterocycles. The summed E-state index contributed by atoms with van der Waals surface area (Å²) < 4.78 is 27.9. The third-order valence-corrected chi connectivity index (χ3v) is 5.77. The first kappa shape index (κ1) is 22.4. The van der Waals surface area contributed by atoms with Crippen molar-refractivity contribution in [2.75, 3.05) is 28.6 Å². The highest BCUT2D eigenvalue weighted by molar-refractivity contribution is 6.11. The molecule has 0 saturated carbocycles. The van der Waals surface area contributed by atoms with E-state index in [-0.39, 0.29) is 22.5 Å². The first-order valence-electron chi connectivity index (χ1n) is 11.2. The maximum Gasteiger partial charge on any atom is 0.323 e. The number of hydrogen-bond donors (Lipinski definition) is 2. The van der Waals surface area contributed by atoms with Gasteiger partial charge < -0.3 is 15.5 Å². The Morgan fingerprint density at radius 1 is 0.857 bits per heavy atom. The van der Waals surface area contributed by atoms with Crippen LogP contribution >= 0.6 is 0 Å². The number of aromatic nitrogens is 2. The van der Waals surface area contributed by atoms with Crippen LogP contribution in [0.5, 0.6) is 0 Å². The van der Waals surface area contributed by atoms with Gasteiger partial charge in [0.2, 0.25) is 0 Å². The van der Waals surface area contributed by atoms with E-state index in [1.165, 1.54) is 30.3 Å². The van der Waals surface area contributed by atoms with Crippen molar-refractivity contribution in [2.24, 2.45) is 0 Å². The molecule has 9 heteroatoms. The quantitative estimate of drug-likeness (QED) is 0.380. The van der Waals surface area contributed by atoms with Crippen LogP contribution in [-0.4, -0.2) is 34.9 Å². The van der Waals surface area contributed by atoms with E-state index in [0.29, 0.717) is 11.0 Å². The third kappa shape index (κ3) is 4.93. The second kappa shape index (κ2) is 9.46. The zero-order chi connectivity index (χ0) is 24.4. The van der Waals surface area contributed by atoms with Gasteiger partial charge in [-0.05, 0) is 67.4 Å². The number of urea groups is 1. The molecule has 1 aromatic heterocycles. The summed E-state index contributed by atoms with van der Waals surface area (Å²) >= 11 is 0. The van der Waals surface area contributed by atoms with Gasteiger partial charge >= 0.3 is 6.03 Å². The van der Waals surface area contributed by atoms with Gasteiger partial charge in [0.15, 0.2) is 5.78 Å². The topological polar surface area (TPSA) is 87.2 Å². The number of carbonyl (C=O) groups is 2. The van der Waals surface area contributed by atoms with Gasteiger partial charge in [0, 0.05) is 30.0 Å². The molecule has 2 N–H and O–H groups in total. The Kier molecular flexibility index (Phi) is 6.05. The van der Waals surface area contributed by atoms with Gasteiger partial charge in [-0.25, -0.2) is 18.6 Å². The predicted molar refractivity (Wildman–Crippen MR) is 130 cm³/mol. The van der Waals surface area contributed by atoms with E-state index in [1.807, 2.05) is 0 Å². The molecule has 0 spiro atoms. The molecule has 5 rings (SSSR count).